The lowest BCUT2D eigenvalue weighted by Gasteiger charge is -2.22. The predicted molar refractivity (Wildman–Crippen MR) is 81.5 cm³/mol. The topological polar surface area (TPSA) is 66.4 Å². The zero-order valence-corrected chi connectivity index (χ0v) is 13.9. The van der Waals surface area contributed by atoms with Crippen molar-refractivity contribution < 1.29 is 13.5 Å². The number of hydrogen-bond donors (Lipinski definition) is 2. The van der Waals surface area contributed by atoms with Crippen LogP contribution in [0.1, 0.15) is 44.4 Å². The Kier molecular flexibility index (Phi) is 5.00. The van der Waals surface area contributed by atoms with Crippen molar-refractivity contribution in [3.63, 3.8) is 0 Å². The molecule has 1 aromatic rings. The number of nitrogens with one attached hydrogen (secondary N) is 1. The van der Waals surface area contributed by atoms with E-state index in [1.807, 2.05) is 12.1 Å². The molecular formula is C15H25NO3S. The van der Waals surface area contributed by atoms with E-state index < -0.39 is 16.1 Å². The van der Waals surface area contributed by atoms with Gasteiger partial charge in [-0.15, -0.1) is 0 Å². The summed E-state index contributed by atoms with van der Waals surface area (Å²) in [5, 5.41) is 9.23. The summed E-state index contributed by atoms with van der Waals surface area (Å²) in [6.45, 7) is 11.5. The van der Waals surface area contributed by atoms with Gasteiger partial charge in [-0.2, -0.15) is 0 Å². The van der Waals surface area contributed by atoms with Crippen molar-refractivity contribution in [2.24, 2.45) is 0 Å². The number of sulfonamides is 1. The molecule has 1 unspecified atom stereocenters. The van der Waals surface area contributed by atoms with E-state index in [9.17, 15) is 13.5 Å². The first kappa shape index (κ1) is 17.1. The second kappa shape index (κ2) is 5.84. The highest BCUT2D eigenvalue weighted by molar-refractivity contribution is 7.89. The minimum absolute atomic E-state index is 0.0161. The van der Waals surface area contributed by atoms with Crippen LogP contribution in [0.2, 0.25) is 0 Å². The normalized spacial score (nSPS) is 14.3. The van der Waals surface area contributed by atoms with Crippen LogP contribution in [0.5, 0.6) is 0 Å². The molecule has 0 amide bonds. The van der Waals surface area contributed by atoms with Crippen molar-refractivity contribution >= 4 is 10.0 Å². The number of rotatable bonds is 4. The molecule has 114 valence electrons. The molecule has 0 aliphatic heterocycles. The van der Waals surface area contributed by atoms with Crippen LogP contribution in [0.3, 0.4) is 0 Å². The summed E-state index contributed by atoms with van der Waals surface area (Å²) in [5.74, 6) is 0. The highest BCUT2D eigenvalue weighted by atomic mass is 32.2. The zero-order chi connectivity index (χ0) is 15.7. The molecule has 1 atom stereocenters. The third-order valence-corrected chi connectivity index (χ3v) is 4.89. The van der Waals surface area contributed by atoms with Crippen LogP contribution >= 0.6 is 0 Å². The van der Waals surface area contributed by atoms with Crippen molar-refractivity contribution in [2.75, 3.05) is 6.54 Å². The molecule has 20 heavy (non-hydrogen) atoms. The van der Waals surface area contributed by atoms with Crippen LogP contribution in [0.25, 0.3) is 0 Å². The monoisotopic (exact) mass is 299 g/mol. The lowest BCUT2D eigenvalue weighted by molar-refractivity contribution is 0.198. The zero-order valence-electron chi connectivity index (χ0n) is 13.1. The van der Waals surface area contributed by atoms with E-state index in [4.69, 9.17) is 0 Å². The average molecular weight is 299 g/mol. The molecule has 0 heterocycles. The van der Waals surface area contributed by atoms with Gasteiger partial charge in [0, 0.05) is 6.54 Å². The van der Waals surface area contributed by atoms with Crippen LogP contribution in [-0.4, -0.2) is 26.2 Å². The Morgan fingerprint density at radius 3 is 2.00 bits per heavy atom. The Hall–Kier alpha value is -0.910. The highest BCUT2D eigenvalue weighted by Gasteiger charge is 2.23. The SMILES string of the molecule is Cc1cc(C(C)(C)C)cc(C)c1S(=O)(=O)NCC(C)O. The smallest absolute Gasteiger partial charge is 0.241 e. The first-order chi connectivity index (χ1) is 8.95. The lowest BCUT2D eigenvalue weighted by atomic mass is 9.85. The summed E-state index contributed by atoms with van der Waals surface area (Å²) in [7, 11) is -3.59. The number of aryl methyl sites for hydroxylation is 2. The van der Waals surface area contributed by atoms with Crippen molar-refractivity contribution in [2.45, 2.75) is 58.0 Å². The first-order valence-corrected chi connectivity index (χ1v) is 8.23. The summed E-state index contributed by atoms with van der Waals surface area (Å²) in [4.78, 5) is 0.311. The summed E-state index contributed by atoms with van der Waals surface area (Å²) < 4.78 is 27.1. The lowest BCUT2D eigenvalue weighted by Crippen LogP contribution is -2.31. The summed E-state index contributed by atoms with van der Waals surface area (Å²) in [6.07, 6.45) is -0.709. The van der Waals surface area contributed by atoms with Crippen LogP contribution in [0.15, 0.2) is 17.0 Å². The van der Waals surface area contributed by atoms with Crippen LogP contribution in [0, 0.1) is 13.8 Å². The predicted octanol–water partition coefficient (Wildman–Crippen LogP) is 2.26. The first-order valence-electron chi connectivity index (χ1n) is 6.74. The maximum atomic E-state index is 12.3. The van der Waals surface area contributed by atoms with Gasteiger partial charge in [-0.25, -0.2) is 13.1 Å². The average Bonchev–Trinajstić information content (AvgIpc) is 2.23. The van der Waals surface area contributed by atoms with E-state index in [1.54, 1.807) is 20.8 Å². The maximum absolute atomic E-state index is 12.3. The third kappa shape index (κ3) is 4.04. The van der Waals surface area contributed by atoms with Crippen molar-refractivity contribution in [3.05, 3.63) is 28.8 Å². The second-order valence-corrected chi connectivity index (χ2v) is 8.09. The van der Waals surface area contributed by atoms with Crippen molar-refractivity contribution in [1.82, 2.24) is 4.72 Å². The molecule has 0 spiro atoms. The molecule has 1 rings (SSSR count). The van der Waals surface area contributed by atoms with E-state index in [2.05, 4.69) is 25.5 Å². The summed E-state index contributed by atoms with van der Waals surface area (Å²) in [5.41, 5.74) is 2.55. The minimum Gasteiger partial charge on any atom is -0.392 e. The van der Waals surface area contributed by atoms with Gasteiger partial charge in [0.1, 0.15) is 0 Å². The van der Waals surface area contributed by atoms with Crippen molar-refractivity contribution in [1.29, 1.82) is 0 Å². The molecule has 4 nitrogen and oxygen atoms in total. The molecular weight excluding hydrogens is 274 g/mol. The Labute approximate surface area is 122 Å². The van der Waals surface area contributed by atoms with E-state index in [1.165, 1.54) is 0 Å². The van der Waals surface area contributed by atoms with Gasteiger partial charge in [-0.3, -0.25) is 0 Å². The molecule has 0 fully saturated rings. The second-order valence-electron chi connectivity index (χ2n) is 6.39. The standard InChI is InChI=1S/C15H25NO3S/c1-10-7-13(15(4,5)6)8-11(2)14(10)20(18,19)16-9-12(3)17/h7-8,12,16-17H,9H2,1-6H3. The van der Waals surface area contributed by atoms with E-state index in [-0.39, 0.29) is 12.0 Å². The van der Waals surface area contributed by atoms with Gasteiger partial charge in [-0.05, 0) is 42.9 Å². The van der Waals surface area contributed by atoms with E-state index in [0.717, 1.165) is 16.7 Å². The van der Waals surface area contributed by atoms with Gasteiger partial charge in [0.15, 0.2) is 0 Å². The Balaban J connectivity index is 3.27. The largest absolute Gasteiger partial charge is 0.392 e. The van der Waals surface area contributed by atoms with Gasteiger partial charge >= 0.3 is 0 Å². The molecule has 0 aliphatic carbocycles. The van der Waals surface area contributed by atoms with Crippen LogP contribution in [-0.2, 0) is 15.4 Å². The summed E-state index contributed by atoms with van der Waals surface area (Å²) >= 11 is 0. The number of aliphatic hydroxyl groups is 1. The molecule has 0 radical (unpaired) electrons. The fourth-order valence-electron chi connectivity index (χ4n) is 2.11. The molecule has 0 bridgehead atoms. The van der Waals surface area contributed by atoms with Gasteiger partial charge < -0.3 is 5.11 Å². The number of hydrogen-bond acceptors (Lipinski definition) is 3. The quantitative estimate of drug-likeness (QED) is 0.896. The number of benzene rings is 1. The van der Waals surface area contributed by atoms with E-state index in [0.29, 0.717) is 4.90 Å². The maximum Gasteiger partial charge on any atom is 0.241 e. The van der Waals surface area contributed by atoms with E-state index >= 15 is 0 Å². The van der Waals surface area contributed by atoms with Gasteiger partial charge in [0.25, 0.3) is 0 Å². The molecule has 0 saturated heterocycles. The van der Waals surface area contributed by atoms with Crippen LogP contribution in [0.4, 0.5) is 0 Å². The Morgan fingerprint density at radius 2 is 1.65 bits per heavy atom. The molecule has 0 aliphatic rings. The molecule has 0 saturated carbocycles. The minimum atomic E-state index is -3.59. The van der Waals surface area contributed by atoms with Gasteiger partial charge in [0.2, 0.25) is 10.0 Å². The number of aliphatic hydroxyl groups excluding tert-OH is 1. The third-order valence-electron chi connectivity index (χ3n) is 3.16. The highest BCUT2D eigenvalue weighted by Crippen LogP contribution is 2.28. The molecule has 0 aromatic heterocycles. The Bertz CT molecular complexity index is 561. The summed E-state index contributed by atoms with van der Waals surface area (Å²) in [6, 6.07) is 3.84. The molecule has 1 aromatic carbocycles. The fourth-order valence-corrected chi connectivity index (χ4v) is 3.68. The Morgan fingerprint density at radius 1 is 1.20 bits per heavy atom. The molecule has 5 heteroatoms. The van der Waals surface area contributed by atoms with Gasteiger partial charge in [-0.1, -0.05) is 32.9 Å². The fraction of sp³-hybridized carbons (Fsp3) is 0.600. The van der Waals surface area contributed by atoms with Crippen molar-refractivity contribution in [3.8, 4) is 0 Å². The van der Waals surface area contributed by atoms with Crippen LogP contribution < -0.4 is 4.72 Å². The van der Waals surface area contributed by atoms with Gasteiger partial charge in [0.05, 0.1) is 11.0 Å². The molecule has 2 N–H and O–H groups in total.